The highest BCUT2D eigenvalue weighted by atomic mass is 32.1. The Labute approximate surface area is 99.6 Å². The molecule has 4 heteroatoms. The second-order valence-corrected chi connectivity index (χ2v) is 6.12. The Balaban J connectivity index is 2.63. The molecule has 2 rings (SSSR count). The van der Waals surface area contributed by atoms with Crippen LogP contribution in [0.4, 0.5) is 5.00 Å². The van der Waals surface area contributed by atoms with Gasteiger partial charge in [0.1, 0.15) is 5.00 Å². The smallest absolute Gasteiger partial charge is 0.341 e. The van der Waals surface area contributed by atoms with Gasteiger partial charge in [-0.1, -0.05) is 20.8 Å². The van der Waals surface area contributed by atoms with Crippen molar-refractivity contribution < 1.29 is 9.53 Å². The summed E-state index contributed by atoms with van der Waals surface area (Å²) in [5.41, 5.74) is 7.76. The first-order chi connectivity index (χ1) is 7.38. The monoisotopic (exact) mass is 239 g/mol. The van der Waals surface area contributed by atoms with Crippen molar-refractivity contribution in [3.63, 3.8) is 0 Å². The molecule has 1 aromatic heterocycles. The molecule has 0 radical (unpaired) electrons. The first-order valence-corrected chi connectivity index (χ1v) is 6.21. The van der Waals surface area contributed by atoms with E-state index in [0.717, 1.165) is 12.0 Å². The summed E-state index contributed by atoms with van der Waals surface area (Å²) in [6.45, 7) is 6.55. The van der Waals surface area contributed by atoms with Crippen molar-refractivity contribution >= 4 is 22.3 Å². The van der Waals surface area contributed by atoms with Crippen LogP contribution >= 0.6 is 11.3 Å². The summed E-state index contributed by atoms with van der Waals surface area (Å²) in [6, 6.07) is 0. The van der Waals surface area contributed by atoms with E-state index in [0.29, 0.717) is 16.5 Å². The molecule has 1 aliphatic rings. The third-order valence-electron chi connectivity index (χ3n) is 3.29. The molecule has 0 aromatic carbocycles. The van der Waals surface area contributed by atoms with Gasteiger partial charge in [0.15, 0.2) is 0 Å². The second-order valence-electron chi connectivity index (χ2n) is 5.06. The molecule has 1 unspecified atom stereocenters. The molecule has 0 fully saturated rings. The Kier molecular flexibility index (Phi) is 2.49. The number of esters is 1. The highest BCUT2D eigenvalue weighted by Crippen LogP contribution is 2.52. The molecule has 1 heterocycles. The van der Waals surface area contributed by atoms with Gasteiger partial charge in [0.05, 0.1) is 12.7 Å². The van der Waals surface area contributed by atoms with E-state index in [1.165, 1.54) is 23.3 Å². The number of fused-ring (bicyclic) bond motifs is 1. The van der Waals surface area contributed by atoms with Crippen LogP contribution in [0.15, 0.2) is 0 Å². The lowest BCUT2D eigenvalue weighted by molar-refractivity contribution is 0.0601. The molecule has 0 spiro atoms. The molecular formula is C12H17NO2S. The Morgan fingerprint density at radius 2 is 2.19 bits per heavy atom. The number of hydrogen-bond acceptors (Lipinski definition) is 4. The molecule has 0 aliphatic heterocycles. The molecular weight excluding hydrogens is 222 g/mol. The number of carbonyl (C=O) groups excluding carboxylic acids is 1. The van der Waals surface area contributed by atoms with E-state index >= 15 is 0 Å². The Morgan fingerprint density at radius 3 is 2.75 bits per heavy atom. The highest BCUT2D eigenvalue weighted by molar-refractivity contribution is 7.16. The van der Waals surface area contributed by atoms with Crippen molar-refractivity contribution in [1.82, 2.24) is 0 Å². The minimum absolute atomic E-state index is 0.125. The normalized spacial score (nSPS) is 21.9. The SMILES string of the molecule is COC(=O)c1c(N)sc2c1C(C)CC2(C)C. The number of carbonyl (C=O) groups is 1. The van der Waals surface area contributed by atoms with Crippen LogP contribution in [-0.2, 0) is 10.2 Å². The van der Waals surface area contributed by atoms with Crippen molar-refractivity contribution in [3.8, 4) is 0 Å². The fraction of sp³-hybridized carbons (Fsp3) is 0.583. The Bertz CT molecular complexity index is 448. The van der Waals surface area contributed by atoms with Crippen LogP contribution in [0, 0.1) is 0 Å². The summed E-state index contributed by atoms with van der Waals surface area (Å²) in [4.78, 5) is 13.0. The van der Waals surface area contributed by atoms with Crippen LogP contribution < -0.4 is 5.73 Å². The molecule has 0 amide bonds. The van der Waals surface area contributed by atoms with E-state index in [-0.39, 0.29) is 11.4 Å². The molecule has 0 bridgehead atoms. The van der Waals surface area contributed by atoms with E-state index in [1.807, 2.05) is 0 Å². The lowest BCUT2D eigenvalue weighted by atomic mass is 9.91. The molecule has 0 saturated carbocycles. The molecule has 1 aliphatic carbocycles. The standard InChI is InChI=1S/C12H17NO2S/c1-6-5-12(2,3)9-7(6)8(10(13)16-9)11(14)15-4/h6H,5,13H2,1-4H3. The van der Waals surface area contributed by atoms with Crippen LogP contribution in [0.1, 0.15) is 53.9 Å². The number of anilines is 1. The molecule has 0 saturated heterocycles. The van der Waals surface area contributed by atoms with Gasteiger partial charge in [-0.2, -0.15) is 0 Å². The van der Waals surface area contributed by atoms with Crippen LogP contribution in [0.25, 0.3) is 0 Å². The Morgan fingerprint density at radius 1 is 1.56 bits per heavy atom. The third-order valence-corrected chi connectivity index (χ3v) is 4.69. The highest BCUT2D eigenvalue weighted by Gasteiger charge is 2.41. The number of rotatable bonds is 1. The molecule has 1 aromatic rings. The van der Waals surface area contributed by atoms with Gasteiger partial charge in [-0.05, 0) is 17.9 Å². The van der Waals surface area contributed by atoms with Crippen molar-refractivity contribution in [2.24, 2.45) is 0 Å². The number of thiophene rings is 1. The average Bonchev–Trinajstić information content (AvgIpc) is 2.63. The fourth-order valence-electron chi connectivity index (χ4n) is 2.71. The van der Waals surface area contributed by atoms with Gasteiger partial charge < -0.3 is 10.5 Å². The zero-order valence-electron chi connectivity index (χ0n) is 10.1. The van der Waals surface area contributed by atoms with Crippen LogP contribution in [-0.4, -0.2) is 13.1 Å². The number of ether oxygens (including phenoxy) is 1. The predicted octanol–water partition coefficient (Wildman–Crippen LogP) is 2.90. The number of hydrogen-bond donors (Lipinski definition) is 1. The van der Waals surface area contributed by atoms with Gasteiger partial charge in [0, 0.05) is 10.3 Å². The molecule has 16 heavy (non-hydrogen) atoms. The van der Waals surface area contributed by atoms with Gasteiger partial charge in [-0.25, -0.2) is 4.79 Å². The van der Waals surface area contributed by atoms with E-state index in [9.17, 15) is 4.79 Å². The molecule has 1 atom stereocenters. The largest absolute Gasteiger partial charge is 0.465 e. The Hall–Kier alpha value is -1.03. The van der Waals surface area contributed by atoms with Crippen LogP contribution in [0.2, 0.25) is 0 Å². The van der Waals surface area contributed by atoms with E-state index in [4.69, 9.17) is 10.5 Å². The second kappa shape index (κ2) is 3.48. The zero-order valence-corrected chi connectivity index (χ0v) is 10.9. The summed E-state index contributed by atoms with van der Waals surface area (Å²) in [7, 11) is 1.40. The zero-order chi connectivity index (χ0) is 12.1. The number of methoxy groups -OCH3 is 1. The molecule has 2 N–H and O–H groups in total. The molecule has 3 nitrogen and oxygen atoms in total. The van der Waals surface area contributed by atoms with Gasteiger partial charge in [-0.15, -0.1) is 11.3 Å². The lowest BCUT2D eigenvalue weighted by Crippen LogP contribution is -2.10. The maximum atomic E-state index is 11.7. The fourth-order valence-corrected chi connectivity index (χ4v) is 4.00. The predicted molar refractivity (Wildman–Crippen MR) is 66.1 cm³/mol. The number of nitrogens with two attached hydrogens (primary N) is 1. The van der Waals surface area contributed by atoms with Crippen molar-refractivity contribution in [1.29, 1.82) is 0 Å². The first-order valence-electron chi connectivity index (χ1n) is 5.39. The van der Waals surface area contributed by atoms with E-state index in [1.54, 1.807) is 0 Å². The summed E-state index contributed by atoms with van der Waals surface area (Å²) in [5, 5.41) is 0.594. The summed E-state index contributed by atoms with van der Waals surface area (Å²) in [6.07, 6.45) is 1.07. The van der Waals surface area contributed by atoms with Crippen molar-refractivity contribution in [2.75, 3.05) is 12.8 Å². The van der Waals surface area contributed by atoms with Gasteiger partial charge in [0.25, 0.3) is 0 Å². The van der Waals surface area contributed by atoms with Crippen molar-refractivity contribution in [2.45, 2.75) is 38.5 Å². The quantitative estimate of drug-likeness (QED) is 0.767. The first kappa shape index (κ1) is 11.5. The summed E-state index contributed by atoms with van der Waals surface area (Å²) in [5.74, 6) is 0.0761. The molecule has 88 valence electrons. The topological polar surface area (TPSA) is 52.3 Å². The van der Waals surface area contributed by atoms with Crippen LogP contribution in [0.5, 0.6) is 0 Å². The van der Waals surface area contributed by atoms with Crippen molar-refractivity contribution in [3.05, 3.63) is 16.0 Å². The van der Waals surface area contributed by atoms with Crippen LogP contribution in [0.3, 0.4) is 0 Å². The third kappa shape index (κ3) is 1.44. The van der Waals surface area contributed by atoms with Gasteiger partial charge in [-0.3, -0.25) is 0 Å². The lowest BCUT2D eigenvalue weighted by Gasteiger charge is -2.17. The maximum Gasteiger partial charge on any atom is 0.341 e. The van der Waals surface area contributed by atoms with Gasteiger partial charge >= 0.3 is 5.97 Å². The van der Waals surface area contributed by atoms with E-state index < -0.39 is 0 Å². The van der Waals surface area contributed by atoms with E-state index in [2.05, 4.69) is 20.8 Å². The summed E-state index contributed by atoms with van der Waals surface area (Å²) < 4.78 is 4.80. The summed E-state index contributed by atoms with van der Waals surface area (Å²) >= 11 is 1.53. The number of nitrogen functional groups attached to an aromatic ring is 1. The van der Waals surface area contributed by atoms with Gasteiger partial charge in [0.2, 0.25) is 0 Å². The minimum Gasteiger partial charge on any atom is -0.465 e. The average molecular weight is 239 g/mol. The minimum atomic E-state index is -0.306. The maximum absolute atomic E-state index is 11.7.